The van der Waals surface area contributed by atoms with Crippen molar-refractivity contribution in [1.29, 1.82) is 0 Å². The summed E-state index contributed by atoms with van der Waals surface area (Å²) in [6.45, 7) is 10.3. The molecule has 2 saturated heterocycles. The van der Waals surface area contributed by atoms with Crippen molar-refractivity contribution >= 4 is 0 Å². The molecule has 3 heterocycles. The Kier molecular flexibility index (Phi) is 3.91. The Labute approximate surface area is 116 Å². The number of nitrogens with zero attached hydrogens (tertiary/aromatic N) is 3. The van der Waals surface area contributed by atoms with E-state index in [1.54, 1.807) is 0 Å². The van der Waals surface area contributed by atoms with Crippen molar-refractivity contribution in [2.75, 3.05) is 46.3 Å². The average Bonchev–Trinajstić information content (AvgIpc) is 2.86. The van der Waals surface area contributed by atoms with E-state index in [9.17, 15) is 0 Å². The first-order valence-corrected chi connectivity index (χ1v) is 7.47. The Balaban J connectivity index is 1.57. The first kappa shape index (κ1) is 13.2. The Hall–Kier alpha value is -0.840. The lowest BCUT2D eigenvalue weighted by Crippen LogP contribution is -2.60. The van der Waals surface area contributed by atoms with Crippen LogP contribution in [0.2, 0.25) is 0 Å². The average molecular weight is 263 g/mol. The van der Waals surface area contributed by atoms with Gasteiger partial charge in [0.15, 0.2) is 0 Å². The number of fused-ring (bicyclic) bond motifs is 1. The van der Waals surface area contributed by atoms with Crippen LogP contribution in [0.15, 0.2) is 16.5 Å². The van der Waals surface area contributed by atoms with Crippen molar-refractivity contribution in [1.82, 2.24) is 14.7 Å². The molecule has 2 aliphatic rings. The molecule has 0 saturated carbocycles. The molecule has 106 valence electrons. The van der Waals surface area contributed by atoms with Gasteiger partial charge in [-0.2, -0.15) is 0 Å². The smallest absolute Gasteiger partial charge is 0.118 e. The maximum Gasteiger partial charge on any atom is 0.118 e. The quantitative estimate of drug-likeness (QED) is 0.819. The maximum absolute atomic E-state index is 5.83. The molecular formula is C15H25N3O. The van der Waals surface area contributed by atoms with Gasteiger partial charge in [0.1, 0.15) is 11.5 Å². The van der Waals surface area contributed by atoms with Crippen LogP contribution in [0.1, 0.15) is 18.4 Å². The minimum atomic E-state index is 0.702. The lowest BCUT2D eigenvalue weighted by atomic mass is 10.1. The fraction of sp³-hybridized carbons (Fsp3) is 0.733. The van der Waals surface area contributed by atoms with Crippen molar-refractivity contribution in [3.8, 4) is 0 Å². The molecule has 0 radical (unpaired) electrons. The molecule has 19 heavy (non-hydrogen) atoms. The summed E-state index contributed by atoms with van der Waals surface area (Å²) in [7, 11) is 2.23. The van der Waals surface area contributed by atoms with Crippen molar-refractivity contribution in [2.45, 2.75) is 25.9 Å². The van der Waals surface area contributed by atoms with E-state index in [2.05, 4.69) is 40.8 Å². The minimum absolute atomic E-state index is 0.702. The number of aryl methyl sites for hydroxylation is 1. The number of rotatable bonds is 3. The topological polar surface area (TPSA) is 22.9 Å². The SMILES string of the molecule is CCc1ccc(CN2CCN3CCN(C)C[C@@H]3C2)o1. The van der Waals surface area contributed by atoms with Crippen LogP contribution in [-0.4, -0.2) is 67.1 Å². The third-order valence-electron chi connectivity index (χ3n) is 4.43. The zero-order valence-corrected chi connectivity index (χ0v) is 12.1. The second kappa shape index (κ2) is 5.65. The number of furan rings is 1. The van der Waals surface area contributed by atoms with Gasteiger partial charge in [-0.15, -0.1) is 0 Å². The van der Waals surface area contributed by atoms with E-state index < -0.39 is 0 Å². The number of likely N-dealkylation sites (N-methyl/N-ethyl adjacent to an activating group) is 1. The summed E-state index contributed by atoms with van der Waals surface area (Å²) < 4.78 is 5.83. The molecule has 1 aromatic rings. The van der Waals surface area contributed by atoms with E-state index >= 15 is 0 Å². The van der Waals surface area contributed by atoms with Crippen LogP contribution >= 0.6 is 0 Å². The first-order valence-electron chi connectivity index (χ1n) is 7.47. The van der Waals surface area contributed by atoms with Crippen LogP contribution in [0.25, 0.3) is 0 Å². The molecule has 1 aromatic heterocycles. The molecule has 0 unspecified atom stereocenters. The lowest BCUT2D eigenvalue weighted by molar-refractivity contribution is 0.0153. The standard InChI is InChI=1S/C15H25N3O/c1-3-14-4-5-15(19-14)12-17-7-9-18-8-6-16(2)10-13(18)11-17/h4-5,13H,3,6-12H2,1-2H3/t13-/m1/s1. The Bertz CT molecular complexity index is 417. The van der Waals surface area contributed by atoms with Gasteiger partial charge in [-0.1, -0.05) is 6.92 Å². The molecule has 4 nitrogen and oxygen atoms in total. The lowest BCUT2D eigenvalue weighted by Gasteiger charge is -2.46. The number of hydrogen-bond acceptors (Lipinski definition) is 4. The molecule has 2 aliphatic heterocycles. The van der Waals surface area contributed by atoms with Gasteiger partial charge in [0.2, 0.25) is 0 Å². The maximum atomic E-state index is 5.83. The van der Waals surface area contributed by atoms with E-state index in [4.69, 9.17) is 4.42 Å². The van der Waals surface area contributed by atoms with Crippen molar-refractivity contribution in [3.63, 3.8) is 0 Å². The largest absolute Gasteiger partial charge is 0.465 e. The molecule has 0 aliphatic carbocycles. The van der Waals surface area contributed by atoms with Crippen LogP contribution in [0.3, 0.4) is 0 Å². The third-order valence-corrected chi connectivity index (χ3v) is 4.43. The monoisotopic (exact) mass is 263 g/mol. The highest BCUT2D eigenvalue weighted by molar-refractivity contribution is 5.07. The van der Waals surface area contributed by atoms with Crippen LogP contribution < -0.4 is 0 Å². The van der Waals surface area contributed by atoms with Gasteiger partial charge in [0, 0.05) is 51.7 Å². The van der Waals surface area contributed by atoms with E-state index in [1.807, 2.05) is 0 Å². The fourth-order valence-electron chi connectivity index (χ4n) is 3.24. The summed E-state index contributed by atoms with van der Waals surface area (Å²) in [5, 5.41) is 0. The predicted octanol–water partition coefficient (Wildman–Crippen LogP) is 1.27. The zero-order valence-electron chi connectivity index (χ0n) is 12.1. The van der Waals surface area contributed by atoms with Crippen molar-refractivity contribution < 1.29 is 4.42 Å². The van der Waals surface area contributed by atoms with Crippen molar-refractivity contribution in [2.24, 2.45) is 0 Å². The summed E-state index contributed by atoms with van der Waals surface area (Å²) in [6.07, 6.45) is 0.987. The molecule has 4 heteroatoms. The second-order valence-corrected chi connectivity index (χ2v) is 5.91. The van der Waals surface area contributed by atoms with Crippen LogP contribution in [0, 0.1) is 0 Å². The van der Waals surface area contributed by atoms with Crippen LogP contribution in [-0.2, 0) is 13.0 Å². The minimum Gasteiger partial charge on any atom is -0.465 e. The summed E-state index contributed by atoms with van der Waals surface area (Å²) >= 11 is 0. The zero-order chi connectivity index (χ0) is 13.2. The summed E-state index contributed by atoms with van der Waals surface area (Å²) in [5.41, 5.74) is 0. The molecule has 0 bridgehead atoms. The third kappa shape index (κ3) is 3.02. The van der Waals surface area contributed by atoms with Gasteiger partial charge in [0.25, 0.3) is 0 Å². The van der Waals surface area contributed by atoms with Gasteiger partial charge in [-0.3, -0.25) is 9.80 Å². The van der Waals surface area contributed by atoms with Gasteiger partial charge < -0.3 is 9.32 Å². The highest BCUT2D eigenvalue weighted by atomic mass is 16.3. The van der Waals surface area contributed by atoms with Gasteiger partial charge in [0.05, 0.1) is 6.54 Å². The molecule has 0 spiro atoms. The van der Waals surface area contributed by atoms with Crippen molar-refractivity contribution in [3.05, 3.63) is 23.7 Å². The van der Waals surface area contributed by atoms with E-state index in [1.165, 1.54) is 39.3 Å². The fourth-order valence-corrected chi connectivity index (χ4v) is 3.24. The van der Waals surface area contributed by atoms with Crippen LogP contribution in [0.4, 0.5) is 0 Å². The normalized spacial score (nSPS) is 26.5. The number of piperazine rings is 2. The Morgan fingerprint density at radius 1 is 1.11 bits per heavy atom. The summed E-state index contributed by atoms with van der Waals surface area (Å²) in [5.74, 6) is 2.22. The van der Waals surface area contributed by atoms with Gasteiger partial charge >= 0.3 is 0 Å². The predicted molar refractivity (Wildman–Crippen MR) is 76.2 cm³/mol. The summed E-state index contributed by atoms with van der Waals surface area (Å²) in [6, 6.07) is 4.95. The van der Waals surface area contributed by atoms with Gasteiger partial charge in [-0.25, -0.2) is 0 Å². The van der Waals surface area contributed by atoms with E-state index in [-0.39, 0.29) is 0 Å². The molecular weight excluding hydrogens is 238 g/mol. The van der Waals surface area contributed by atoms with E-state index in [0.29, 0.717) is 6.04 Å². The summed E-state index contributed by atoms with van der Waals surface area (Å²) in [4.78, 5) is 7.64. The van der Waals surface area contributed by atoms with E-state index in [0.717, 1.165) is 24.5 Å². The molecule has 1 atom stereocenters. The first-order chi connectivity index (χ1) is 9.24. The highest BCUT2D eigenvalue weighted by Crippen LogP contribution is 2.18. The van der Waals surface area contributed by atoms with Gasteiger partial charge in [-0.05, 0) is 19.2 Å². The molecule has 0 aromatic carbocycles. The van der Waals surface area contributed by atoms with Crippen LogP contribution in [0.5, 0.6) is 0 Å². The molecule has 0 amide bonds. The Morgan fingerprint density at radius 3 is 2.68 bits per heavy atom. The second-order valence-electron chi connectivity index (χ2n) is 5.91. The molecule has 0 N–H and O–H groups in total. The number of hydrogen-bond donors (Lipinski definition) is 0. The molecule has 2 fully saturated rings. The highest BCUT2D eigenvalue weighted by Gasteiger charge is 2.30. The molecule has 3 rings (SSSR count). The Morgan fingerprint density at radius 2 is 1.89 bits per heavy atom.